The molecule has 0 saturated carbocycles. The fourth-order valence-corrected chi connectivity index (χ4v) is 3.51. The van der Waals surface area contributed by atoms with Gasteiger partial charge in [0.1, 0.15) is 0 Å². The van der Waals surface area contributed by atoms with Crippen LogP contribution in [-0.2, 0) is 19.6 Å². The van der Waals surface area contributed by atoms with Crippen LogP contribution in [0.4, 0.5) is 0 Å². The summed E-state index contributed by atoms with van der Waals surface area (Å²) in [7, 11) is -0.298. The second-order valence-electron chi connectivity index (χ2n) is 6.38. The summed E-state index contributed by atoms with van der Waals surface area (Å²) >= 11 is 1.32. The van der Waals surface area contributed by atoms with Gasteiger partial charge in [-0.2, -0.15) is 0 Å². The molecule has 0 aromatic heterocycles. The van der Waals surface area contributed by atoms with E-state index in [4.69, 9.17) is 0 Å². The predicted molar refractivity (Wildman–Crippen MR) is 88.8 cm³/mol. The van der Waals surface area contributed by atoms with Crippen LogP contribution in [0, 0.1) is 5.41 Å². The van der Waals surface area contributed by atoms with Gasteiger partial charge in [0.2, 0.25) is 15.9 Å². The normalized spacial score (nSPS) is 18.5. The summed E-state index contributed by atoms with van der Waals surface area (Å²) in [6.45, 7) is 5.77. The molecule has 0 atom stereocenters. The summed E-state index contributed by atoms with van der Waals surface area (Å²) in [6, 6.07) is 0. The Kier molecular flexibility index (Phi) is 6.23. The number of ketones is 1. The van der Waals surface area contributed by atoms with E-state index in [9.17, 15) is 18.0 Å². The molecular weight excluding hydrogens is 324 g/mol. The SMILES string of the molecule is CN(C)S(=O)(=O)CCCN1C(=O)CS/C1=C\C(=O)C(C)(C)C. The Balaban J connectivity index is 2.73. The second-order valence-corrected chi connectivity index (χ2v) is 9.68. The van der Waals surface area contributed by atoms with Crippen LogP contribution in [0.25, 0.3) is 0 Å². The Labute approximate surface area is 137 Å². The monoisotopic (exact) mass is 348 g/mol. The minimum atomic E-state index is -3.27. The first-order chi connectivity index (χ1) is 9.95. The van der Waals surface area contributed by atoms with E-state index in [1.54, 1.807) is 0 Å². The van der Waals surface area contributed by atoms with Crippen LogP contribution in [0.3, 0.4) is 0 Å². The highest BCUT2D eigenvalue weighted by molar-refractivity contribution is 8.04. The van der Waals surface area contributed by atoms with Crippen molar-refractivity contribution in [1.29, 1.82) is 0 Å². The van der Waals surface area contributed by atoms with E-state index in [0.717, 1.165) is 0 Å². The van der Waals surface area contributed by atoms with Gasteiger partial charge in [-0.25, -0.2) is 12.7 Å². The first-order valence-corrected chi connectivity index (χ1v) is 9.64. The first kappa shape index (κ1) is 19.2. The van der Waals surface area contributed by atoms with E-state index in [2.05, 4.69) is 0 Å². The first-order valence-electron chi connectivity index (χ1n) is 7.04. The van der Waals surface area contributed by atoms with Gasteiger partial charge in [-0.1, -0.05) is 32.5 Å². The van der Waals surface area contributed by atoms with Gasteiger partial charge in [0.25, 0.3) is 0 Å². The predicted octanol–water partition coefficient (Wildman–Crippen LogP) is 1.30. The fraction of sp³-hybridized carbons (Fsp3) is 0.714. The average molecular weight is 348 g/mol. The van der Waals surface area contributed by atoms with Crippen molar-refractivity contribution in [3.8, 4) is 0 Å². The number of carbonyl (C=O) groups excluding carboxylic acids is 2. The Hall–Kier alpha value is -0.860. The minimum Gasteiger partial charge on any atom is -0.306 e. The molecule has 0 bridgehead atoms. The molecule has 1 saturated heterocycles. The molecule has 22 heavy (non-hydrogen) atoms. The molecule has 0 unspecified atom stereocenters. The second kappa shape index (κ2) is 7.14. The summed E-state index contributed by atoms with van der Waals surface area (Å²) < 4.78 is 24.6. The summed E-state index contributed by atoms with van der Waals surface area (Å²) in [6.07, 6.45) is 1.84. The van der Waals surface area contributed by atoms with Crippen LogP contribution in [0.15, 0.2) is 11.1 Å². The highest BCUT2D eigenvalue weighted by Gasteiger charge is 2.29. The number of nitrogens with zero attached hydrogens (tertiary/aromatic N) is 2. The molecule has 0 aromatic carbocycles. The van der Waals surface area contributed by atoms with Crippen LogP contribution in [0.1, 0.15) is 27.2 Å². The minimum absolute atomic E-state index is 0.0189. The molecule has 1 amide bonds. The molecule has 0 radical (unpaired) electrons. The lowest BCUT2D eigenvalue weighted by Crippen LogP contribution is -2.30. The third-order valence-electron chi connectivity index (χ3n) is 3.24. The highest BCUT2D eigenvalue weighted by Crippen LogP contribution is 2.30. The van der Waals surface area contributed by atoms with Gasteiger partial charge in [0.05, 0.1) is 16.5 Å². The molecule has 0 aliphatic carbocycles. The standard InChI is InChI=1S/C14H24N2O4S2/c1-14(2,3)11(17)9-13-16(12(18)10-21-13)7-6-8-22(19,20)15(4)5/h9H,6-8,10H2,1-5H3/b13-9-. The smallest absolute Gasteiger partial charge is 0.237 e. The van der Waals surface area contributed by atoms with E-state index in [1.807, 2.05) is 20.8 Å². The van der Waals surface area contributed by atoms with Crippen LogP contribution in [-0.4, -0.2) is 61.5 Å². The molecule has 1 heterocycles. The molecule has 8 heteroatoms. The zero-order chi connectivity index (χ0) is 17.1. The molecule has 0 aromatic rings. The summed E-state index contributed by atoms with van der Waals surface area (Å²) in [5, 5.41) is 0.618. The molecule has 1 aliphatic heterocycles. The summed E-state index contributed by atoms with van der Waals surface area (Å²) in [4.78, 5) is 25.5. The van der Waals surface area contributed by atoms with Gasteiger partial charge in [-0.15, -0.1) is 0 Å². The largest absolute Gasteiger partial charge is 0.306 e. The molecule has 126 valence electrons. The number of sulfonamides is 1. The van der Waals surface area contributed by atoms with Crippen LogP contribution >= 0.6 is 11.8 Å². The van der Waals surface area contributed by atoms with Crippen molar-refractivity contribution in [2.24, 2.45) is 5.41 Å². The highest BCUT2D eigenvalue weighted by atomic mass is 32.2. The van der Waals surface area contributed by atoms with Crippen molar-refractivity contribution < 1.29 is 18.0 Å². The molecular formula is C14H24N2O4S2. The van der Waals surface area contributed by atoms with Gasteiger partial charge in [-0.05, 0) is 6.42 Å². The van der Waals surface area contributed by atoms with Crippen molar-refractivity contribution in [2.45, 2.75) is 27.2 Å². The van der Waals surface area contributed by atoms with Crippen molar-refractivity contribution in [1.82, 2.24) is 9.21 Å². The number of carbonyl (C=O) groups is 2. The van der Waals surface area contributed by atoms with E-state index < -0.39 is 15.4 Å². The molecule has 1 rings (SSSR count). The third kappa shape index (κ3) is 5.10. The molecule has 1 fully saturated rings. The van der Waals surface area contributed by atoms with E-state index >= 15 is 0 Å². The Morgan fingerprint density at radius 3 is 2.45 bits per heavy atom. The van der Waals surface area contributed by atoms with Crippen molar-refractivity contribution in [2.75, 3.05) is 32.1 Å². The number of hydrogen-bond acceptors (Lipinski definition) is 5. The lowest BCUT2D eigenvalue weighted by molar-refractivity contribution is -0.125. The molecule has 1 aliphatic rings. The maximum Gasteiger partial charge on any atom is 0.237 e. The van der Waals surface area contributed by atoms with E-state index in [0.29, 0.717) is 23.7 Å². The van der Waals surface area contributed by atoms with Crippen molar-refractivity contribution >= 4 is 33.5 Å². The third-order valence-corrected chi connectivity index (χ3v) is 6.19. The fourth-order valence-electron chi connectivity index (χ4n) is 1.69. The van der Waals surface area contributed by atoms with E-state index in [-0.39, 0.29) is 17.4 Å². The van der Waals surface area contributed by atoms with Crippen LogP contribution in [0.5, 0.6) is 0 Å². The van der Waals surface area contributed by atoms with Crippen molar-refractivity contribution in [3.63, 3.8) is 0 Å². The number of hydrogen-bond donors (Lipinski definition) is 0. The molecule has 6 nitrogen and oxygen atoms in total. The van der Waals surface area contributed by atoms with Crippen molar-refractivity contribution in [3.05, 3.63) is 11.1 Å². The number of allylic oxidation sites excluding steroid dienone is 1. The van der Waals surface area contributed by atoms with Gasteiger partial charge in [0.15, 0.2) is 5.78 Å². The van der Waals surface area contributed by atoms with Crippen LogP contribution in [0.2, 0.25) is 0 Å². The quantitative estimate of drug-likeness (QED) is 0.677. The van der Waals surface area contributed by atoms with Gasteiger partial charge < -0.3 is 4.90 Å². The summed E-state index contributed by atoms with van der Waals surface area (Å²) in [5.41, 5.74) is -0.501. The Morgan fingerprint density at radius 1 is 1.36 bits per heavy atom. The zero-order valence-electron chi connectivity index (χ0n) is 13.7. The van der Waals surface area contributed by atoms with E-state index in [1.165, 1.54) is 41.1 Å². The maximum absolute atomic E-state index is 12.1. The maximum atomic E-state index is 12.1. The lowest BCUT2D eigenvalue weighted by atomic mass is 9.91. The zero-order valence-corrected chi connectivity index (χ0v) is 15.4. The molecule has 0 N–H and O–H groups in total. The van der Waals surface area contributed by atoms with Gasteiger partial charge >= 0.3 is 0 Å². The Bertz CT molecular complexity index is 574. The summed E-state index contributed by atoms with van der Waals surface area (Å²) in [5.74, 6) is 0.148. The topological polar surface area (TPSA) is 74.8 Å². The van der Waals surface area contributed by atoms with Gasteiger partial charge in [-0.3, -0.25) is 9.59 Å². The Morgan fingerprint density at radius 2 is 1.95 bits per heavy atom. The van der Waals surface area contributed by atoms with Crippen LogP contribution < -0.4 is 0 Å². The number of thioether (sulfide) groups is 1. The number of amides is 1. The van der Waals surface area contributed by atoms with Gasteiger partial charge in [0, 0.05) is 32.1 Å². The molecule has 0 spiro atoms. The number of rotatable bonds is 6. The lowest BCUT2D eigenvalue weighted by Gasteiger charge is -2.19. The average Bonchev–Trinajstić information content (AvgIpc) is 2.69.